The molecule has 26 heavy (non-hydrogen) atoms. The monoisotopic (exact) mass is 375 g/mol. The van der Waals surface area contributed by atoms with Crippen LogP contribution in [0, 0.1) is 0 Å². The van der Waals surface area contributed by atoms with Gasteiger partial charge in [-0.3, -0.25) is 4.79 Å². The smallest absolute Gasteiger partial charge is 0.341 e. The zero-order chi connectivity index (χ0) is 18.9. The first-order valence-corrected chi connectivity index (χ1v) is 9.22. The van der Waals surface area contributed by atoms with Gasteiger partial charge in [-0.2, -0.15) is 0 Å². The third-order valence-electron chi connectivity index (χ3n) is 3.47. The minimum absolute atomic E-state index is 0.240. The molecule has 138 valence electrons. The molecular weight excluding hydrogens is 354 g/mol. The fourth-order valence-electron chi connectivity index (χ4n) is 2.14. The van der Waals surface area contributed by atoms with E-state index in [0.29, 0.717) is 18.0 Å². The Hall–Kier alpha value is -2.67. The molecule has 0 bridgehead atoms. The third-order valence-corrected chi connectivity index (χ3v) is 4.21. The van der Waals surface area contributed by atoms with Gasteiger partial charge in [-0.25, -0.2) is 4.79 Å². The maximum absolute atomic E-state index is 12.2. The molecule has 1 unspecified atom stereocenters. The predicted octanol–water partition coefficient (Wildman–Crippen LogP) is 2.96. The highest BCUT2D eigenvalue weighted by molar-refractivity contribution is 7.98. The number of hydrogen-bond donors (Lipinski definition) is 2. The van der Waals surface area contributed by atoms with Gasteiger partial charge in [0.05, 0.1) is 0 Å². The average molecular weight is 375 g/mol. The Kier molecular flexibility index (Phi) is 7.35. The fraction of sp³-hybridized carbons (Fsp3) is 0.263. The Labute approximate surface area is 156 Å². The normalized spacial score (nSPS) is 11.5. The number of carbonyl (C=O) groups excluding carboxylic acids is 1. The number of carboxylic acids is 1. The number of ether oxygens (including phenoxy) is 2. The Bertz CT molecular complexity index is 748. The van der Waals surface area contributed by atoms with Crippen LogP contribution in [0.2, 0.25) is 0 Å². The number of thioether (sulfide) groups is 1. The summed E-state index contributed by atoms with van der Waals surface area (Å²) in [6.07, 6.45) is 1.36. The maximum atomic E-state index is 12.2. The highest BCUT2D eigenvalue weighted by atomic mass is 32.2. The summed E-state index contributed by atoms with van der Waals surface area (Å²) in [5.41, 5.74) is 0.803. The van der Waals surface area contributed by atoms with E-state index in [2.05, 4.69) is 5.32 Å². The summed E-state index contributed by atoms with van der Waals surface area (Å²) in [5, 5.41) is 11.4. The van der Waals surface area contributed by atoms with E-state index in [4.69, 9.17) is 14.6 Å². The van der Waals surface area contributed by atoms with Gasteiger partial charge >= 0.3 is 5.97 Å². The summed E-state index contributed by atoms with van der Waals surface area (Å²) >= 11 is 1.64. The quantitative estimate of drug-likeness (QED) is 0.656. The zero-order valence-corrected chi connectivity index (χ0v) is 15.4. The Balaban J connectivity index is 1.85. The molecule has 2 aromatic rings. The van der Waals surface area contributed by atoms with E-state index < -0.39 is 18.7 Å². The number of amides is 1. The van der Waals surface area contributed by atoms with Crippen LogP contribution in [-0.2, 0) is 16.1 Å². The number of rotatable bonds is 9. The summed E-state index contributed by atoms with van der Waals surface area (Å²) in [6.45, 7) is 1.57. The lowest BCUT2D eigenvalue weighted by Gasteiger charge is -2.15. The molecule has 0 aliphatic rings. The second kappa shape index (κ2) is 9.72. The van der Waals surface area contributed by atoms with Crippen molar-refractivity contribution in [3.05, 3.63) is 54.1 Å². The molecule has 0 aromatic heterocycles. The number of carbonyl (C=O) groups is 2. The van der Waals surface area contributed by atoms with Crippen LogP contribution in [0.4, 0.5) is 0 Å². The lowest BCUT2D eigenvalue weighted by atomic mass is 10.2. The first kappa shape index (κ1) is 19.7. The molecule has 2 N–H and O–H groups in total. The molecule has 0 saturated heterocycles. The van der Waals surface area contributed by atoms with Crippen molar-refractivity contribution in [3.8, 4) is 11.5 Å². The Morgan fingerprint density at radius 1 is 1.15 bits per heavy atom. The topological polar surface area (TPSA) is 84.9 Å². The zero-order valence-electron chi connectivity index (χ0n) is 14.6. The third kappa shape index (κ3) is 6.33. The summed E-state index contributed by atoms with van der Waals surface area (Å²) in [5.74, 6) is -0.206. The summed E-state index contributed by atoms with van der Waals surface area (Å²) in [7, 11) is 0. The van der Waals surface area contributed by atoms with Crippen molar-refractivity contribution in [1.82, 2.24) is 5.32 Å². The van der Waals surface area contributed by atoms with Crippen molar-refractivity contribution in [3.63, 3.8) is 0 Å². The summed E-state index contributed by atoms with van der Waals surface area (Å²) in [4.78, 5) is 23.9. The second-order valence-electron chi connectivity index (χ2n) is 5.48. The van der Waals surface area contributed by atoms with Crippen molar-refractivity contribution in [1.29, 1.82) is 0 Å². The molecule has 0 aliphatic carbocycles. The van der Waals surface area contributed by atoms with Gasteiger partial charge in [0.1, 0.15) is 11.5 Å². The molecule has 7 heteroatoms. The number of benzene rings is 2. The molecule has 1 atom stereocenters. The van der Waals surface area contributed by atoms with Gasteiger partial charge in [0.2, 0.25) is 0 Å². The lowest BCUT2D eigenvalue weighted by molar-refractivity contribution is -0.139. The molecule has 0 heterocycles. The van der Waals surface area contributed by atoms with E-state index in [1.807, 2.05) is 36.6 Å². The molecule has 2 rings (SSSR count). The molecule has 1 amide bonds. The van der Waals surface area contributed by atoms with E-state index in [-0.39, 0.29) is 5.91 Å². The lowest BCUT2D eigenvalue weighted by Crippen LogP contribution is -2.35. The van der Waals surface area contributed by atoms with Crippen molar-refractivity contribution in [2.75, 3.05) is 12.9 Å². The molecule has 0 aliphatic heterocycles. The first-order valence-electron chi connectivity index (χ1n) is 8.00. The van der Waals surface area contributed by atoms with Crippen molar-refractivity contribution in [2.24, 2.45) is 0 Å². The van der Waals surface area contributed by atoms with E-state index in [1.165, 1.54) is 0 Å². The van der Waals surface area contributed by atoms with Crippen LogP contribution in [-0.4, -0.2) is 35.9 Å². The van der Waals surface area contributed by atoms with Gasteiger partial charge in [0.25, 0.3) is 5.91 Å². The molecule has 0 saturated carbocycles. The number of carboxylic acid groups (broad SMARTS) is 1. The Morgan fingerprint density at radius 3 is 2.54 bits per heavy atom. The van der Waals surface area contributed by atoms with Crippen LogP contribution < -0.4 is 14.8 Å². The number of hydrogen-bond acceptors (Lipinski definition) is 5. The van der Waals surface area contributed by atoms with Gasteiger partial charge in [-0.05, 0) is 55.1 Å². The van der Waals surface area contributed by atoms with Gasteiger partial charge < -0.3 is 19.9 Å². The van der Waals surface area contributed by atoms with Crippen LogP contribution in [0.25, 0.3) is 0 Å². The minimum Gasteiger partial charge on any atom is -0.482 e. The van der Waals surface area contributed by atoms with E-state index in [0.717, 1.165) is 10.5 Å². The minimum atomic E-state index is -1.04. The standard InChI is InChI=1S/C19H21NO5S/c1-13(25-15-6-8-17(26-2)9-7-15)19(23)20-11-14-4-3-5-16(10-14)24-12-18(21)22/h3-10,13H,11-12H2,1-2H3,(H,20,23)(H,21,22). The molecule has 6 nitrogen and oxygen atoms in total. The number of aliphatic carboxylic acids is 1. The van der Waals surface area contributed by atoms with Gasteiger partial charge in [-0.15, -0.1) is 11.8 Å². The van der Waals surface area contributed by atoms with Crippen molar-refractivity contribution in [2.45, 2.75) is 24.5 Å². The van der Waals surface area contributed by atoms with Crippen molar-refractivity contribution >= 4 is 23.6 Å². The van der Waals surface area contributed by atoms with E-state index in [9.17, 15) is 9.59 Å². The highest BCUT2D eigenvalue weighted by Crippen LogP contribution is 2.20. The van der Waals surface area contributed by atoms with Crippen molar-refractivity contribution < 1.29 is 24.2 Å². The van der Waals surface area contributed by atoms with Gasteiger partial charge in [0, 0.05) is 11.4 Å². The molecule has 0 fully saturated rings. The molecule has 2 aromatic carbocycles. The van der Waals surface area contributed by atoms with E-state index in [1.54, 1.807) is 36.9 Å². The summed E-state index contributed by atoms with van der Waals surface area (Å²) in [6, 6.07) is 14.5. The van der Waals surface area contributed by atoms with Crippen LogP contribution in [0.5, 0.6) is 11.5 Å². The fourth-order valence-corrected chi connectivity index (χ4v) is 2.54. The predicted molar refractivity (Wildman–Crippen MR) is 99.7 cm³/mol. The highest BCUT2D eigenvalue weighted by Gasteiger charge is 2.14. The largest absolute Gasteiger partial charge is 0.482 e. The second-order valence-corrected chi connectivity index (χ2v) is 6.36. The average Bonchev–Trinajstić information content (AvgIpc) is 2.65. The number of nitrogens with one attached hydrogen (secondary N) is 1. The molecule has 0 radical (unpaired) electrons. The molecule has 0 spiro atoms. The first-order chi connectivity index (χ1) is 12.5. The SMILES string of the molecule is CSc1ccc(OC(C)C(=O)NCc2cccc(OCC(=O)O)c2)cc1. The van der Waals surface area contributed by atoms with Crippen LogP contribution in [0.15, 0.2) is 53.4 Å². The van der Waals surface area contributed by atoms with Gasteiger partial charge in [0.15, 0.2) is 12.7 Å². The Morgan fingerprint density at radius 2 is 1.88 bits per heavy atom. The van der Waals surface area contributed by atoms with Crippen LogP contribution in [0.3, 0.4) is 0 Å². The van der Waals surface area contributed by atoms with E-state index >= 15 is 0 Å². The van der Waals surface area contributed by atoms with Crippen LogP contribution >= 0.6 is 11.8 Å². The summed E-state index contributed by atoms with van der Waals surface area (Å²) < 4.78 is 10.8. The van der Waals surface area contributed by atoms with Crippen LogP contribution in [0.1, 0.15) is 12.5 Å². The maximum Gasteiger partial charge on any atom is 0.341 e. The van der Waals surface area contributed by atoms with Gasteiger partial charge in [-0.1, -0.05) is 12.1 Å². The molecular formula is C19H21NO5S.